The molecular formula is C19H28N6O4. The van der Waals surface area contributed by atoms with E-state index in [1.165, 1.54) is 36.6 Å². The molecule has 0 amide bonds. The number of aliphatic hydroxyl groups is 3. The number of nitrogens with one attached hydrogen (secondary N) is 1. The summed E-state index contributed by atoms with van der Waals surface area (Å²) in [5, 5.41) is 32.9. The molecule has 2 aliphatic carbocycles. The van der Waals surface area contributed by atoms with Crippen molar-refractivity contribution in [2.24, 2.45) is 17.8 Å². The fourth-order valence-electron chi connectivity index (χ4n) is 5.41. The molecule has 2 aromatic heterocycles. The summed E-state index contributed by atoms with van der Waals surface area (Å²) < 4.78 is 7.12. The summed E-state index contributed by atoms with van der Waals surface area (Å²) in [6, 6.07) is 0. The van der Waals surface area contributed by atoms with Crippen molar-refractivity contribution >= 4 is 22.9 Å². The molecule has 0 radical (unpaired) electrons. The third kappa shape index (κ3) is 3.24. The van der Waals surface area contributed by atoms with Gasteiger partial charge in [-0.15, -0.1) is 0 Å². The number of ether oxygens (including phenoxy) is 1. The minimum absolute atomic E-state index is 0.239. The highest BCUT2D eigenvalue weighted by atomic mass is 16.6. The van der Waals surface area contributed by atoms with Crippen LogP contribution in [-0.2, 0) is 4.74 Å². The lowest BCUT2D eigenvalue weighted by atomic mass is 9.86. The average molecular weight is 404 g/mol. The maximum absolute atomic E-state index is 10.3. The summed E-state index contributed by atoms with van der Waals surface area (Å²) in [4.78, 5) is 13.1. The number of rotatable bonds is 6. The van der Waals surface area contributed by atoms with Gasteiger partial charge in [0.05, 0.1) is 12.9 Å². The van der Waals surface area contributed by atoms with E-state index < -0.39 is 31.1 Å². The van der Waals surface area contributed by atoms with E-state index in [1.54, 1.807) is 0 Å². The number of imidazole rings is 1. The van der Waals surface area contributed by atoms with Gasteiger partial charge in [0, 0.05) is 6.54 Å². The Morgan fingerprint density at radius 2 is 2.07 bits per heavy atom. The lowest BCUT2D eigenvalue weighted by molar-refractivity contribution is -0.0511. The first kappa shape index (κ1) is 19.0. The first-order valence-corrected chi connectivity index (χ1v) is 10.4. The molecule has 1 aliphatic heterocycles. The number of aromatic nitrogens is 4. The highest BCUT2D eigenvalue weighted by Gasteiger charge is 2.44. The molecule has 10 nitrogen and oxygen atoms in total. The predicted octanol–water partition coefficient (Wildman–Crippen LogP) is 0.258. The Kier molecular flexibility index (Phi) is 4.81. The Hall–Kier alpha value is -2.01. The standard InChI is InChI=1S/C19H28N6O4/c20-16-13-17(25(8-22-13)18-15(28)14(27)12(7-26)29-18)24-19(23-16)21-4-3-11-6-9-1-2-10(11)5-9/h8-12,14-15,18,26-28H,1-7H2,(H3,20,21,23,24)/t9?,10?,11?,12-,14?,15?,18-/m1/s1. The van der Waals surface area contributed by atoms with Gasteiger partial charge in [0.1, 0.15) is 23.8 Å². The van der Waals surface area contributed by atoms with Crippen LogP contribution in [0.25, 0.3) is 11.2 Å². The molecule has 2 aromatic rings. The van der Waals surface area contributed by atoms with E-state index in [4.69, 9.17) is 10.5 Å². The lowest BCUT2D eigenvalue weighted by Crippen LogP contribution is -2.33. The summed E-state index contributed by atoms with van der Waals surface area (Å²) in [5.74, 6) is 3.24. The monoisotopic (exact) mass is 404 g/mol. The number of aliphatic hydroxyl groups excluding tert-OH is 3. The van der Waals surface area contributed by atoms with Crippen LogP contribution < -0.4 is 11.1 Å². The highest BCUT2D eigenvalue weighted by molar-refractivity contribution is 5.83. The van der Waals surface area contributed by atoms with Crippen LogP contribution in [0.4, 0.5) is 11.8 Å². The van der Waals surface area contributed by atoms with Gasteiger partial charge in [-0.3, -0.25) is 4.57 Å². The smallest absolute Gasteiger partial charge is 0.226 e. The molecular weight excluding hydrogens is 376 g/mol. The van der Waals surface area contributed by atoms with Gasteiger partial charge in [-0.25, -0.2) is 4.98 Å². The molecule has 0 spiro atoms. The Balaban J connectivity index is 1.33. The van der Waals surface area contributed by atoms with Gasteiger partial charge >= 0.3 is 0 Å². The zero-order valence-corrected chi connectivity index (χ0v) is 16.2. The van der Waals surface area contributed by atoms with Crippen LogP contribution in [0.5, 0.6) is 0 Å². The predicted molar refractivity (Wildman–Crippen MR) is 105 cm³/mol. The quantitative estimate of drug-likeness (QED) is 0.456. The van der Waals surface area contributed by atoms with Crippen LogP contribution in [0, 0.1) is 17.8 Å². The molecule has 0 aromatic carbocycles. The van der Waals surface area contributed by atoms with Crippen LogP contribution >= 0.6 is 0 Å². The maximum Gasteiger partial charge on any atom is 0.226 e. The number of fused-ring (bicyclic) bond motifs is 3. The number of hydrogen-bond donors (Lipinski definition) is 5. The van der Waals surface area contributed by atoms with Crippen LogP contribution in [0.1, 0.15) is 38.3 Å². The fraction of sp³-hybridized carbons (Fsp3) is 0.737. The van der Waals surface area contributed by atoms with Gasteiger partial charge in [0.15, 0.2) is 17.7 Å². The van der Waals surface area contributed by atoms with Crippen molar-refractivity contribution in [1.82, 2.24) is 19.5 Å². The van der Waals surface area contributed by atoms with E-state index in [2.05, 4.69) is 20.3 Å². The molecule has 158 valence electrons. The Morgan fingerprint density at radius 3 is 2.76 bits per heavy atom. The van der Waals surface area contributed by atoms with Crippen molar-refractivity contribution in [3.05, 3.63) is 6.33 Å². The Bertz CT molecular complexity index is 891. The molecule has 29 heavy (non-hydrogen) atoms. The molecule has 1 saturated heterocycles. The zero-order valence-electron chi connectivity index (χ0n) is 16.2. The molecule has 3 aliphatic rings. The van der Waals surface area contributed by atoms with Gasteiger partial charge in [0.25, 0.3) is 0 Å². The van der Waals surface area contributed by atoms with Crippen LogP contribution in [0.2, 0.25) is 0 Å². The molecule has 7 atom stereocenters. The molecule has 5 unspecified atom stereocenters. The first-order valence-electron chi connectivity index (χ1n) is 10.4. The fourth-order valence-corrected chi connectivity index (χ4v) is 5.41. The molecule has 2 bridgehead atoms. The van der Waals surface area contributed by atoms with Crippen LogP contribution in [0.3, 0.4) is 0 Å². The molecule has 5 rings (SSSR count). The SMILES string of the molecule is Nc1nc(NCCC2CC3CCC2C3)nc2c1ncn2[C@@H]1O[C@H](CO)C(O)C1O. The van der Waals surface area contributed by atoms with Crippen LogP contribution in [-0.4, -0.2) is 66.3 Å². The summed E-state index contributed by atoms with van der Waals surface area (Å²) in [5.41, 5.74) is 6.88. The van der Waals surface area contributed by atoms with Crippen molar-refractivity contribution in [2.75, 3.05) is 24.2 Å². The Morgan fingerprint density at radius 1 is 1.21 bits per heavy atom. The van der Waals surface area contributed by atoms with E-state index in [0.717, 1.165) is 30.7 Å². The van der Waals surface area contributed by atoms with Gasteiger partial charge in [-0.2, -0.15) is 9.97 Å². The molecule has 3 heterocycles. The van der Waals surface area contributed by atoms with Gasteiger partial charge < -0.3 is 31.1 Å². The Labute approximate surface area is 168 Å². The largest absolute Gasteiger partial charge is 0.394 e. The average Bonchev–Trinajstić information content (AvgIpc) is 3.47. The van der Waals surface area contributed by atoms with E-state index in [9.17, 15) is 15.3 Å². The third-order valence-electron chi connectivity index (χ3n) is 6.92. The van der Waals surface area contributed by atoms with E-state index in [1.807, 2.05) is 0 Å². The number of nitrogen functional groups attached to an aromatic ring is 1. The second kappa shape index (κ2) is 7.35. The van der Waals surface area contributed by atoms with Gasteiger partial charge in [-0.1, -0.05) is 6.42 Å². The van der Waals surface area contributed by atoms with Crippen molar-refractivity contribution in [3.8, 4) is 0 Å². The van der Waals surface area contributed by atoms with Crippen molar-refractivity contribution < 1.29 is 20.1 Å². The maximum atomic E-state index is 10.3. The molecule has 6 N–H and O–H groups in total. The molecule has 2 saturated carbocycles. The van der Waals surface area contributed by atoms with Crippen molar-refractivity contribution in [3.63, 3.8) is 0 Å². The van der Waals surface area contributed by atoms with Crippen molar-refractivity contribution in [2.45, 2.75) is 56.6 Å². The third-order valence-corrected chi connectivity index (χ3v) is 6.92. The van der Waals surface area contributed by atoms with E-state index >= 15 is 0 Å². The second-order valence-electron chi connectivity index (χ2n) is 8.64. The van der Waals surface area contributed by atoms with E-state index in [-0.39, 0.29) is 5.82 Å². The van der Waals surface area contributed by atoms with Gasteiger partial charge in [-0.05, 0) is 43.4 Å². The number of nitrogens with zero attached hydrogens (tertiary/aromatic N) is 4. The topological polar surface area (TPSA) is 152 Å². The highest BCUT2D eigenvalue weighted by Crippen LogP contribution is 2.49. The summed E-state index contributed by atoms with van der Waals surface area (Å²) in [6.07, 6.45) is 3.86. The second-order valence-corrected chi connectivity index (χ2v) is 8.64. The summed E-state index contributed by atoms with van der Waals surface area (Å²) in [6.45, 7) is 0.384. The molecule has 10 heteroatoms. The number of anilines is 2. The van der Waals surface area contributed by atoms with Gasteiger partial charge in [0.2, 0.25) is 5.95 Å². The molecule has 3 fully saturated rings. The van der Waals surface area contributed by atoms with Crippen molar-refractivity contribution in [1.29, 1.82) is 0 Å². The minimum Gasteiger partial charge on any atom is -0.394 e. The number of hydrogen-bond acceptors (Lipinski definition) is 9. The minimum atomic E-state index is -1.21. The first-order chi connectivity index (χ1) is 14.0. The summed E-state index contributed by atoms with van der Waals surface area (Å²) >= 11 is 0. The summed E-state index contributed by atoms with van der Waals surface area (Å²) in [7, 11) is 0. The number of nitrogens with two attached hydrogens (primary N) is 1. The normalized spacial score (nSPS) is 36.3. The van der Waals surface area contributed by atoms with E-state index in [0.29, 0.717) is 17.1 Å². The lowest BCUT2D eigenvalue weighted by Gasteiger charge is -2.21. The zero-order chi connectivity index (χ0) is 20.1. The van der Waals surface area contributed by atoms with Crippen LogP contribution in [0.15, 0.2) is 6.33 Å².